The summed E-state index contributed by atoms with van der Waals surface area (Å²) in [6.07, 6.45) is 5.45. The molecule has 0 atom stereocenters. The molecular weight excluding hydrogens is 541 g/mol. The topological polar surface area (TPSA) is 82.5 Å². The molecule has 222 valence electrons. The van der Waals surface area contributed by atoms with E-state index in [-0.39, 0.29) is 5.82 Å². The Morgan fingerprint density at radius 3 is 2.58 bits per heavy atom. The van der Waals surface area contributed by atoms with Crippen LogP contribution in [-0.2, 0) is 6.54 Å². The van der Waals surface area contributed by atoms with Crippen LogP contribution in [0.15, 0.2) is 72.1 Å². The van der Waals surface area contributed by atoms with Crippen molar-refractivity contribution >= 4 is 16.6 Å². The van der Waals surface area contributed by atoms with Crippen molar-refractivity contribution in [2.75, 3.05) is 47.9 Å². The number of H-pyrrole nitrogens is 1. The van der Waals surface area contributed by atoms with E-state index in [4.69, 9.17) is 14.7 Å². The van der Waals surface area contributed by atoms with Crippen LogP contribution < -0.4 is 4.74 Å². The van der Waals surface area contributed by atoms with Gasteiger partial charge < -0.3 is 19.5 Å². The van der Waals surface area contributed by atoms with Crippen molar-refractivity contribution in [3.05, 3.63) is 95.5 Å². The number of ether oxygens (including phenoxy) is 1. The van der Waals surface area contributed by atoms with E-state index in [9.17, 15) is 4.39 Å². The molecule has 5 aromatic rings. The van der Waals surface area contributed by atoms with E-state index in [1.165, 1.54) is 12.1 Å². The quantitative estimate of drug-likeness (QED) is 0.194. The molecular formula is C34H38FN7O. The van der Waals surface area contributed by atoms with Crippen LogP contribution in [0, 0.1) is 12.7 Å². The summed E-state index contributed by atoms with van der Waals surface area (Å²) in [5.74, 6) is 0.0985. The minimum Gasteiger partial charge on any atom is -0.492 e. The molecule has 4 heterocycles. The van der Waals surface area contributed by atoms with Crippen LogP contribution in [0.3, 0.4) is 0 Å². The molecule has 0 radical (unpaired) electrons. The maximum absolute atomic E-state index is 14.7. The average molecular weight is 580 g/mol. The van der Waals surface area contributed by atoms with Gasteiger partial charge >= 0.3 is 0 Å². The highest BCUT2D eigenvalue weighted by Gasteiger charge is 2.18. The first kappa shape index (κ1) is 30.0. The molecule has 0 unspecified atom stereocenters. The molecule has 0 aliphatic heterocycles. The number of fused-ring (bicyclic) bond motifs is 1. The summed E-state index contributed by atoms with van der Waals surface area (Å²) in [5, 5.41) is 0.862. The van der Waals surface area contributed by atoms with Crippen LogP contribution in [0.25, 0.3) is 33.4 Å². The van der Waals surface area contributed by atoms with Gasteiger partial charge in [-0.1, -0.05) is 6.07 Å². The third-order valence-corrected chi connectivity index (χ3v) is 6.98. The van der Waals surface area contributed by atoms with Crippen LogP contribution in [0.5, 0.6) is 5.75 Å². The second-order valence-electron chi connectivity index (χ2n) is 11.1. The highest BCUT2D eigenvalue weighted by molar-refractivity contribution is 6.14. The van der Waals surface area contributed by atoms with E-state index in [0.717, 1.165) is 63.5 Å². The number of halogens is 1. The highest BCUT2D eigenvalue weighted by atomic mass is 19.1. The van der Waals surface area contributed by atoms with Crippen LogP contribution in [-0.4, -0.2) is 83.3 Å². The zero-order chi connectivity index (χ0) is 30.5. The van der Waals surface area contributed by atoms with Gasteiger partial charge in [0.1, 0.15) is 23.9 Å². The lowest BCUT2D eigenvalue weighted by Crippen LogP contribution is -2.19. The molecule has 5 rings (SSSR count). The number of nitrogens with one attached hydrogen (secondary N) is 1. The minimum absolute atomic E-state index is 0.374. The van der Waals surface area contributed by atoms with Gasteiger partial charge in [0.05, 0.1) is 22.8 Å². The third-order valence-electron chi connectivity index (χ3n) is 6.98. The van der Waals surface area contributed by atoms with E-state index in [2.05, 4.69) is 32.0 Å². The number of aliphatic imine (C=N–C) groups is 1. The van der Waals surface area contributed by atoms with Crippen molar-refractivity contribution < 1.29 is 9.13 Å². The smallest absolute Gasteiger partial charge is 0.127 e. The second-order valence-corrected chi connectivity index (χ2v) is 11.1. The van der Waals surface area contributed by atoms with Gasteiger partial charge in [-0.15, -0.1) is 0 Å². The Balaban J connectivity index is 1.54. The zero-order valence-electron chi connectivity index (χ0n) is 25.6. The lowest BCUT2D eigenvalue weighted by atomic mass is 10.0. The normalized spacial score (nSPS) is 12.1. The van der Waals surface area contributed by atoms with Crippen LogP contribution in [0.2, 0.25) is 0 Å². The molecule has 0 aliphatic carbocycles. The van der Waals surface area contributed by atoms with E-state index >= 15 is 0 Å². The summed E-state index contributed by atoms with van der Waals surface area (Å²) in [6.45, 7) is 6.61. The fourth-order valence-corrected chi connectivity index (χ4v) is 4.99. The summed E-state index contributed by atoms with van der Waals surface area (Å²) in [4.78, 5) is 26.7. The monoisotopic (exact) mass is 579 g/mol. The average Bonchev–Trinajstić information content (AvgIpc) is 3.40. The summed E-state index contributed by atoms with van der Waals surface area (Å²) in [7, 11) is 8.02. The first-order chi connectivity index (χ1) is 20.7. The Bertz CT molecular complexity index is 1760. The predicted octanol–water partition coefficient (Wildman–Crippen LogP) is 5.99. The largest absolute Gasteiger partial charge is 0.492 e. The van der Waals surface area contributed by atoms with E-state index in [0.29, 0.717) is 30.2 Å². The van der Waals surface area contributed by atoms with E-state index in [1.807, 2.05) is 83.6 Å². The number of rotatable bonds is 11. The number of aryl methyl sites for hydroxylation is 1. The summed E-state index contributed by atoms with van der Waals surface area (Å²) >= 11 is 0. The van der Waals surface area contributed by atoms with Crippen LogP contribution >= 0.6 is 0 Å². The molecule has 1 N–H and O–H groups in total. The molecule has 0 amide bonds. The fraction of sp³-hybridized carbons (Fsp3) is 0.294. The van der Waals surface area contributed by atoms with Crippen molar-refractivity contribution in [2.45, 2.75) is 20.4 Å². The first-order valence-electron chi connectivity index (χ1n) is 14.4. The van der Waals surface area contributed by atoms with Crippen molar-refractivity contribution in [3.8, 4) is 28.3 Å². The number of aromatic amines is 1. The van der Waals surface area contributed by atoms with Crippen LogP contribution in [0.4, 0.5) is 4.39 Å². The first-order valence-corrected chi connectivity index (χ1v) is 14.4. The van der Waals surface area contributed by atoms with E-state index < -0.39 is 0 Å². The Labute approximate surface area is 252 Å². The summed E-state index contributed by atoms with van der Waals surface area (Å²) in [6, 6.07) is 14.9. The molecule has 8 nitrogen and oxygen atoms in total. The SMILES string of the molecule is CC/N=C(/c1cc2c(-c3cc(F)cc(OCCN(C)C)c3)nccc2[nH]1)c1nc(-c2cncc(CN(C)C)c2)ccc1C. The summed E-state index contributed by atoms with van der Waals surface area (Å²) < 4.78 is 20.5. The van der Waals surface area contributed by atoms with Gasteiger partial charge in [0.25, 0.3) is 0 Å². The maximum atomic E-state index is 14.7. The molecule has 0 saturated heterocycles. The number of nitrogens with zero attached hydrogens (tertiary/aromatic N) is 6. The Morgan fingerprint density at radius 2 is 1.81 bits per heavy atom. The molecule has 9 heteroatoms. The minimum atomic E-state index is -0.374. The standard InChI is InChI=1S/C34H38FN7O/c1-7-37-34(32-22(2)8-9-29(40-32)25-14-23(19-36-20-25)21-42(5)6)31-18-28-30(39-31)10-11-38-33(28)24-15-26(35)17-27(16-24)43-13-12-41(3)4/h8-11,14-20,39H,7,12-13,21H2,1-6H3/b37-34-. The Morgan fingerprint density at radius 1 is 0.977 bits per heavy atom. The zero-order valence-corrected chi connectivity index (χ0v) is 25.6. The number of aromatic nitrogens is 4. The number of hydrogen-bond donors (Lipinski definition) is 1. The lowest BCUT2D eigenvalue weighted by Gasteiger charge is -2.12. The van der Waals surface area contributed by atoms with Crippen molar-refractivity contribution in [3.63, 3.8) is 0 Å². The molecule has 0 fully saturated rings. The highest BCUT2D eigenvalue weighted by Crippen LogP contribution is 2.31. The van der Waals surface area contributed by atoms with Gasteiger partial charge in [0.2, 0.25) is 0 Å². The Kier molecular flexibility index (Phi) is 9.23. The fourth-order valence-electron chi connectivity index (χ4n) is 4.99. The van der Waals surface area contributed by atoms with Crippen molar-refractivity contribution in [2.24, 2.45) is 4.99 Å². The van der Waals surface area contributed by atoms with E-state index in [1.54, 1.807) is 6.20 Å². The third kappa shape index (κ3) is 7.13. The lowest BCUT2D eigenvalue weighted by molar-refractivity contribution is 0.260. The molecule has 0 spiro atoms. The van der Waals surface area contributed by atoms with Gasteiger partial charge in [-0.3, -0.25) is 15.0 Å². The van der Waals surface area contributed by atoms with Gasteiger partial charge in [-0.2, -0.15) is 0 Å². The van der Waals surface area contributed by atoms with Crippen molar-refractivity contribution in [1.29, 1.82) is 0 Å². The summed E-state index contributed by atoms with van der Waals surface area (Å²) in [5.41, 5.74) is 8.46. The Hall–Kier alpha value is -4.47. The van der Waals surface area contributed by atoms with Gasteiger partial charge in [-0.25, -0.2) is 9.37 Å². The molecule has 0 aliphatic rings. The maximum Gasteiger partial charge on any atom is 0.127 e. The second kappa shape index (κ2) is 13.2. The molecule has 0 saturated carbocycles. The molecule has 43 heavy (non-hydrogen) atoms. The van der Waals surface area contributed by atoms with Crippen LogP contribution in [0.1, 0.15) is 29.4 Å². The number of likely N-dealkylation sites (N-methyl/N-ethyl adjacent to an activating group) is 1. The number of benzene rings is 1. The van der Waals surface area contributed by atoms with Gasteiger partial charge in [0.15, 0.2) is 0 Å². The molecule has 4 aromatic heterocycles. The van der Waals surface area contributed by atoms with Gasteiger partial charge in [0, 0.05) is 66.3 Å². The number of hydrogen-bond acceptors (Lipinski definition) is 7. The predicted molar refractivity (Wildman–Crippen MR) is 171 cm³/mol. The number of pyridine rings is 3. The molecule has 1 aromatic carbocycles. The molecule has 0 bridgehead atoms. The van der Waals surface area contributed by atoms with Gasteiger partial charge in [-0.05, 0) is 89.6 Å². The van der Waals surface area contributed by atoms with Crippen molar-refractivity contribution in [1.82, 2.24) is 29.7 Å².